The summed E-state index contributed by atoms with van der Waals surface area (Å²) >= 11 is 6.11. The molecule has 0 heterocycles. The molecule has 2 aromatic carbocycles. The van der Waals surface area contributed by atoms with E-state index in [0.717, 1.165) is 12.1 Å². The van der Waals surface area contributed by atoms with Crippen molar-refractivity contribution >= 4 is 11.6 Å². The Labute approximate surface area is 137 Å². The zero-order valence-corrected chi connectivity index (χ0v) is 13.7. The van der Waals surface area contributed by atoms with Crippen LogP contribution in [0.4, 0.5) is 0 Å². The van der Waals surface area contributed by atoms with E-state index in [2.05, 4.69) is 0 Å². The molecule has 0 saturated heterocycles. The van der Waals surface area contributed by atoms with Gasteiger partial charge in [0.25, 0.3) is 0 Å². The van der Waals surface area contributed by atoms with Crippen molar-refractivity contribution in [3.8, 4) is 5.75 Å². The third-order valence-electron chi connectivity index (χ3n) is 3.48. The van der Waals surface area contributed by atoms with E-state index >= 15 is 0 Å². The number of nitrogens with zero attached hydrogens (tertiary/aromatic N) is 1. The molecule has 0 fully saturated rings. The second-order valence-electron chi connectivity index (χ2n) is 5.62. The van der Waals surface area contributed by atoms with Gasteiger partial charge in [-0.05, 0) is 31.8 Å². The summed E-state index contributed by atoms with van der Waals surface area (Å²) < 4.78 is 5.82. The largest absolute Gasteiger partial charge is 0.492 e. The SMILES string of the molecule is CN(C)CC(COc1ccccc1Cl)C(O)c1ccccc1. The molecule has 2 atom stereocenters. The van der Waals surface area contributed by atoms with E-state index in [0.29, 0.717) is 17.4 Å². The van der Waals surface area contributed by atoms with Gasteiger partial charge in [-0.15, -0.1) is 0 Å². The highest BCUT2D eigenvalue weighted by Gasteiger charge is 2.22. The Morgan fingerprint density at radius 2 is 1.68 bits per heavy atom. The van der Waals surface area contributed by atoms with Gasteiger partial charge in [0.2, 0.25) is 0 Å². The molecule has 4 heteroatoms. The van der Waals surface area contributed by atoms with Gasteiger partial charge < -0.3 is 14.7 Å². The molecule has 2 rings (SSSR count). The lowest BCUT2D eigenvalue weighted by Crippen LogP contribution is -2.31. The minimum absolute atomic E-state index is 0.0475. The first-order valence-corrected chi connectivity index (χ1v) is 7.71. The van der Waals surface area contributed by atoms with Crippen molar-refractivity contribution in [2.75, 3.05) is 27.2 Å². The molecule has 0 amide bonds. The topological polar surface area (TPSA) is 32.7 Å². The fraction of sp³-hybridized carbons (Fsp3) is 0.333. The third kappa shape index (κ3) is 4.73. The van der Waals surface area contributed by atoms with Gasteiger partial charge in [-0.3, -0.25) is 0 Å². The monoisotopic (exact) mass is 319 g/mol. The second-order valence-corrected chi connectivity index (χ2v) is 6.03. The van der Waals surface area contributed by atoms with Crippen molar-refractivity contribution in [2.24, 2.45) is 5.92 Å². The summed E-state index contributed by atoms with van der Waals surface area (Å²) in [5, 5.41) is 11.2. The standard InChI is InChI=1S/C18H22ClNO2/c1-20(2)12-15(18(21)14-8-4-3-5-9-14)13-22-17-11-7-6-10-16(17)19/h3-11,15,18,21H,12-13H2,1-2H3. The highest BCUT2D eigenvalue weighted by Crippen LogP contribution is 2.27. The molecule has 3 nitrogen and oxygen atoms in total. The van der Waals surface area contributed by atoms with Crippen molar-refractivity contribution in [3.05, 3.63) is 65.2 Å². The predicted molar refractivity (Wildman–Crippen MR) is 90.4 cm³/mol. The van der Waals surface area contributed by atoms with Crippen molar-refractivity contribution in [1.82, 2.24) is 4.90 Å². The predicted octanol–water partition coefficient (Wildman–Crippen LogP) is 3.63. The van der Waals surface area contributed by atoms with Gasteiger partial charge in [0, 0.05) is 12.5 Å². The van der Waals surface area contributed by atoms with Crippen LogP contribution in [0.2, 0.25) is 5.02 Å². The molecular weight excluding hydrogens is 298 g/mol. The number of hydrogen-bond donors (Lipinski definition) is 1. The average molecular weight is 320 g/mol. The smallest absolute Gasteiger partial charge is 0.137 e. The van der Waals surface area contributed by atoms with E-state index in [1.54, 1.807) is 6.07 Å². The number of halogens is 1. The van der Waals surface area contributed by atoms with Crippen molar-refractivity contribution < 1.29 is 9.84 Å². The maximum atomic E-state index is 10.6. The maximum Gasteiger partial charge on any atom is 0.137 e. The van der Waals surface area contributed by atoms with Crippen LogP contribution in [0, 0.1) is 5.92 Å². The molecule has 2 aromatic rings. The lowest BCUT2D eigenvalue weighted by atomic mass is 9.96. The number of aliphatic hydroxyl groups is 1. The first-order valence-electron chi connectivity index (χ1n) is 7.33. The van der Waals surface area contributed by atoms with Crippen LogP contribution in [0.25, 0.3) is 0 Å². The van der Waals surface area contributed by atoms with Crippen LogP contribution in [0.3, 0.4) is 0 Å². The van der Waals surface area contributed by atoms with E-state index in [4.69, 9.17) is 16.3 Å². The molecule has 22 heavy (non-hydrogen) atoms. The number of ether oxygens (including phenoxy) is 1. The molecule has 0 aromatic heterocycles. The number of benzene rings is 2. The van der Waals surface area contributed by atoms with Gasteiger partial charge in [0.05, 0.1) is 17.7 Å². The number of rotatable bonds is 7. The van der Waals surface area contributed by atoms with Crippen LogP contribution in [0.15, 0.2) is 54.6 Å². The Morgan fingerprint density at radius 3 is 2.32 bits per heavy atom. The molecule has 2 unspecified atom stereocenters. The Hall–Kier alpha value is -1.55. The van der Waals surface area contributed by atoms with E-state index < -0.39 is 6.10 Å². The van der Waals surface area contributed by atoms with Gasteiger partial charge in [0.1, 0.15) is 5.75 Å². The van der Waals surface area contributed by atoms with Crippen molar-refractivity contribution in [3.63, 3.8) is 0 Å². The summed E-state index contributed by atoms with van der Waals surface area (Å²) in [5.41, 5.74) is 0.900. The van der Waals surface area contributed by atoms with Crippen LogP contribution in [-0.4, -0.2) is 37.3 Å². The molecule has 0 spiro atoms. The van der Waals surface area contributed by atoms with Crippen LogP contribution in [0.1, 0.15) is 11.7 Å². The molecule has 1 N–H and O–H groups in total. The number of aliphatic hydroxyl groups excluding tert-OH is 1. The molecular formula is C18H22ClNO2. The number of hydrogen-bond acceptors (Lipinski definition) is 3. The van der Waals surface area contributed by atoms with Crippen LogP contribution >= 0.6 is 11.6 Å². The molecule has 118 valence electrons. The van der Waals surface area contributed by atoms with Gasteiger partial charge >= 0.3 is 0 Å². The van der Waals surface area contributed by atoms with E-state index in [1.807, 2.05) is 67.5 Å². The Morgan fingerprint density at radius 1 is 1.05 bits per heavy atom. The molecule has 0 bridgehead atoms. The summed E-state index contributed by atoms with van der Waals surface area (Å²) in [6.07, 6.45) is -0.578. The Bertz CT molecular complexity index is 574. The quantitative estimate of drug-likeness (QED) is 0.846. The molecule has 0 aliphatic rings. The minimum Gasteiger partial charge on any atom is -0.492 e. The van der Waals surface area contributed by atoms with Gasteiger partial charge in [-0.1, -0.05) is 54.1 Å². The number of para-hydroxylation sites is 1. The van der Waals surface area contributed by atoms with E-state index in [1.165, 1.54) is 0 Å². The normalized spacial score (nSPS) is 13.9. The summed E-state index contributed by atoms with van der Waals surface area (Å²) in [6, 6.07) is 17.1. The van der Waals surface area contributed by atoms with Gasteiger partial charge in [-0.25, -0.2) is 0 Å². The van der Waals surface area contributed by atoms with E-state index in [9.17, 15) is 5.11 Å². The molecule has 0 aliphatic carbocycles. The first-order chi connectivity index (χ1) is 10.6. The fourth-order valence-electron chi connectivity index (χ4n) is 2.39. The molecule has 0 aliphatic heterocycles. The minimum atomic E-state index is -0.578. The third-order valence-corrected chi connectivity index (χ3v) is 3.79. The van der Waals surface area contributed by atoms with Gasteiger partial charge in [0.15, 0.2) is 0 Å². The lowest BCUT2D eigenvalue weighted by Gasteiger charge is -2.26. The highest BCUT2D eigenvalue weighted by molar-refractivity contribution is 6.32. The zero-order chi connectivity index (χ0) is 15.9. The Balaban J connectivity index is 2.08. The van der Waals surface area contributed by atoms with Crippen LogP contribution < -0.4 is 4.74 Å². The maximum absolute atomic E-state index is 10.6. The van der Waals surface area contributed by atoms with Crippen LogP contribution in [-0.2, 0) is 0 Å². The van der Waals surface area contributed by atoms with E-state index in [-0.39, 0.29) is 5.92 Å². The van der Waals surface area contributed by atoms with Crippen molar-refractivity contribution in [2.45, 2.75) is 6.10 Å². The zero-order valence-electron chi connectivity index (χ0n) is 12.9. The van der Waals surface area contributed by atoms with Crippen LogP contribution in [0.5, 0.6) is 5.75 Å². The second kappa shape index (κ2) is 8.18. The summed E-state index contributed by atoms with van der Waals surface area (Å²) in [6.45, 7) is 1.12. The summed E-state index contributed by atoms with van der Waals surface area (Å²) in [4.78, 5) is 2.05. The highest BCUT2D eigenvalue weighted by atomic mass is 35.5. The fourth-order valence-corrected chi connectivity index (χ4v) is 2.58. The molecule has 0 saturated carbocycles. The molecule has 0 radical (unpaired) electrons. The summed E-state index contributed by atoms with van der Waals surface area (Å²) in [7, 11) is 3.97. The van der Waals surface area contributed by atoms with Crippen molar-refractivity contribution in [1.29, 1.82) is 0 Å². The van der Waals surface area contributed by atoms with Gasteiger partial charge in [-0.2, -0.15) is 0 Å². The first kappa shape index (κ1) is 16.8. The lowest BCUT2D eigenvalue weighted by molar-refractivity contribution is 0.0585. The summed E-state index contributed by atoms with van der Waals surface area (Å²) in [5.74, 6) is 0.599. The Kier molecular flexibility index (Phi) is 6.25. The average Bonchev–Trinajstić information content (AvgIpc) is 2.52.